The van der Waals surface area contributed by atoms with E-state index in [9.17, 15) is 4.79 Å². The first-order chi connectivity index (χ1) is 13.3. The Labute approximate surface area is 156 Å². The van der Waals surface area contributed by atoms with E-state index in [-0.39, 0.29) is 0 Å². The fourth-order valence-corrected chi connectivity index (χ4v) is 2.78. The lowest BCUT2D eigenvalue weighted by Gasteiger charge is -2.11. The Hall–Kier alpha value is -3.93. The molecule has 0 aliphatic rings. The molecule has 0 saturated carbocycles. The quantitative estimate of drug-likeness (QED) is 0.570. The van der Waals surface area contributed by atoms with Crippen molar-refractivity contribution in [2.75, 3.05) is 10.7 Å². The fourth-order valence-electron chi connectivity index (χ4n) is 2.78. The number of rotatable bonds is 4. The van der Waals surface area contributed by atoms with Gasteiger partial charge < -0.3 is 5.32 Å². The smallest absolute Gasteiger partial charge is 0.307 e. The van der Waals surface area contributed by atoms with Gasteiger partial charge >= 0.3 is 6.03 Å². The zero-order valence-corrected chi connectivity index (χ0v) is 14.4. The number of nitrogens with zero attached hydrogens (tertiary/aromatic N) is 3. The van der Waals surface area contributed by atoms with E-state index in [4.69, 9.17) is 0 Å². The van der Waals surface area contributed by atoms with Crippen LogP contribution in [0.2, 0.25) is 0 Å². The molecule has 0 saturated heterocycles. The van der Waals surface area contributed by atoms with Crippen LogP contribution in [0.15, 0.2) is 91.0 Å². The number of benzene rings is 3. The SMILES string of the molecule is O=C(Nc1ccccc1)Nn1nnc(-c2ccccc2)c1-c1ccccc1. The molecule has 0 unspecified atom stereocenters. The Morgan fingerprint density at radius 1 is 0.741 bits per heavy atom. The first-order valence-corrected chi connectivity index (χ1v) is 8.51. The third kappa shape index (κ3) is 3.69. The summed E-state index contributed by atoms with van der Waals surface area (Å²) in [6.45, 7) is 0. The topological polar surface area (TPSA) is 71.8 Å². The molecule has 0 radical (unpaired) electrons. The fraction of sp³-hybridized carbons (Fsp3) is 0. The minimum Gasteiger partial charge on any atom is -0.307 e. The lowest BCUT2D eigenvalue weighted by molar-refractivity contribution is 0.259. The van der Waals surface area contributed by atoms with Gasteiger partial charge in [0.15, 0.2) is 0 Å². The number of urea groups is 1. The number of aromatic nitrogens is 3. The average molecular weight is 355 g/mol. The minimum atomic E-state index is -0.400. The van der Waals surface area contributed by atoms with Crippen molar-refractivity contribution in [3.63, 3.8) is 0 Å². The molecule has 1 aromatic heterocycles. The maximum atomic E-state index is 12.4. The van der Waals surface area contributed by atoms with E-state index in [1.54, 1.807) is 0 Å². The summed E-state index contributed by atoms with van der Waals surface area (Å²) >= 11 is 0. The highest BCUT2D eigenvalue weighted by Gasteiger charge is 2.18. The summed E-state index contributed by atoms with van der Waals surface area (Å²) < 4.78 is 0. The predicted molar refractivity (Wildman–Crippen MR) is 106 cm³/mol. The molecule has 3 aromatic carbocycles. The average Bonchev–Trinajstić information content (AvgIpc) is 3.13. The molecule has 4 aromatic rings. The molecule has 2 N–H and O–H groups in total. The highest BCUT2D eigenvalue weighted by molar-refractivity contribution is 5.95. The molecule has 6 nitrogen and oxygen atoms in total. The molecule has 0 spiro atoms. The normalized spacial score (nSPS) is 10.4. The summed E-state index contributed by atoms with van der Waals surface area (Å²) in [5.41, 5.74) is 6.67. The van der Waals surface area contributed by atoms with Gasteiger partial charge in [-0.2, -0.15) is 0 Å². The van der Waals surface area contributed by atoms with Crippen molar-refractivity contribution in [2.24, 2.45) is 0 Å². The maximum Gasteiger partial charge on any atom is 0.339 e. The lowest BCUT2D eigenvalue weighted by atomic mass is 10.1. The Kier molecular flexibility index (Phi) is 4.61. The number of amides is 2. The van der Waals surface area contributed by atoms with Crippen LogP contribution in [0.25, 0.3) is 22.5 Å². The number of hydrogen-bond donors (Lipinski definition) is 2. The minimum absolute atomic E-state index is 0.400. The first kappa shape index (κ1) is 16.5. The van der Waals surface area contributed by atoms with Crippen molar-refractivity contribution in [1.82, 2.24) is 15.1 Å². The molecular formula is C21H17N5O. The summed E-state index contributed by atoms with van der Waals surface area (Å²) in [5, 5.41) is 11.2. The summed E-state index contributed by atoms with van der Waals surface area (Å²) in [6, 6.07) is 28.3. The monoisotopic (exact) mass is 355 g/mol. The number of carbonyl (C=O) groups is 1. The van der Waals surface area contributed by atoms with E-state index in [0.29, 0.717) is 17.1 Å². The predicted octanol–water partition coefficient (Wildman–Crippen LogP) is 4.39. The summed E-state index contributed by atoms with van der Waals surface area (Å²) in [7, 11) is 0. The number of para-hydroxylation sites is 1. The Balaban J connectivity index is 1.69. The van der Waals surface area contributed by atoms with Crippen LogP contribution in [-0.4, -0.2) is 21.1 Å². The van der Waals surface area contributed by atoms with Crippen LogP contribution in [0.5, 0.6) is 0 Å². The van der Waals surface area contributed by atoms with Gasteiger partial charge in [0.05, 0.1) is 0 Å². The summed E-state index contributed by atoms with van der Waals surface area (Å²) in [4.78, 5) is 13.8. The molecule has 2 amide bonds. The molecule has 0 bridgehead atoms. The third-order valence-electron chi connectivity index (χ3n) is 4.00. The van der Waals surface area contributed by atoms with Gasteiger partial charge in [-0.15, -0.1) is 9.89 Å². The highest BCUT2D eigenvalue weighted by atomic mass is 16.2. The molecule has 0 aliphatic carbocycles. The standard InChI is InChI=1S/C21H17N5O/c27-21(22-18-14-8-3-9-15-18)24-26-20(17-12-6-2-7-13-17)19(23-25-26)16-10-4-1-5-11-16/h1-15H,(H2,22,24,27). The lowest BCUT2D eigenvalue weighted by Crippen LogP contribution is -2.29. The summed E-state index contributed by atoms with van der Waals surface area (Å²) in [6.07, 6.45) is 0. The zero-order valence-electron chi connectivity index (χ0n) is 14.4. The van der Waals surface area contributed by atoms with Crippen molar-refractivity contribution in [1.29, 1.82) is 0 Å². The van der Waals surface area contributed by atoms with Crippen LogP contribution in [0.4, 0.5) is 10.5 Å². The van der Waals surface area contributed by atoms with Crippen LogP contribution < -0.4 is 10.7 Å². The van der Waals surface area contributed by atoms with E-state index >= 15 is 0 Å². The first-order valence-electron chi connectivity index (χ1n) is 8.51. The van der Waals surface area contributed by atoms with Crippen LogP contribution in [0.1, 0.15) is 0 Å². The van der Waals surface area contributed by atoms with E-state index in [1.165, 1.54) is 4.79 Å². The third-order valence-corrected chi connectivity index (χ3v) is 4.00. The molecule has 1 heterocycles. The van der Waals surface area contributed by atoms with Crippen LogP contribution in [-0.2, 0) is 0 Å². The van der Waals surface area contributed by atoms with Crippen molar-refractivity contribution in [3.8, 4) is 22.5 Å². The van der Waals surface area contributed by atoms with Gasteiger partial charge in [-0.05, 0) is 17.3 Å². The summed E-state index contributed by atoms with van der Waals surface area (Å²) in [5.74, 6) is 0. The Morgan fingerprint density at radius 2 is 1.30 bits per heavy atom. The van der Waals surface area contributed by atoms with Gasteiger partial charge in [-0.25, -0.2) is 10.2 Å². The van der Waals surface area contributed by atoms with E-state index in [2.05, 4.69) is 21.1 Å². The molecule has 6 heteroatoms. The van der Waals surface area contributed by atoms with Crippen molar-refractivity contribution >= 4 is 11.7 Å². The number of hydrogen-bond acceptors (Lipinski definition) is 3. The Bertz CT molecular complexity index is 1030. The van der Waals surface area contributed by atoms with Crippen molar-refractivity contribution in [2.45, 2.75) is 0 Å². The van der Waals surface area contributed by atoms with E-state index in [1.807, 2.05) is 91.0 Å². The van der Waals surface area contributed by atoms with Crippen LogP contribution in [0, 0.1) is 0 Å². The number of carbonyl (C=O) groups excluding carboxylic acids is 1. The zero-order chi connectivity index (χ0) is 18.5. The second-order valence-corrected chi connectivity index (χ2v) is 5.86. The molecular weight excluding hydrogens is 338 g/mol. The van der Waals surface area contributed by atoms with E-state index in [0.717, 1.165) is 11.1 Å². The molecule has 0 aliphatic heterocycles. The molecule has 0 fully saturated rings. The van der Waals surface area contributed by atoms with Gasteiger partial charge in [-0.3, -0.25) is 0 Å². The van der Waals surface area contributed by atoms with Gasteiger partial charge in [-0.1, -0.05) is 78.9 Å². The highest BCUT2D eigenvalue weighted by Crippen LogP contribution is 2.29. The second-order valence-electron chi connectivity index (χ2n) is 5.86. The van der Waals surface area contributed by atoms with E-state index < -0.39 is 6.03 Å². The van der Waals surface area contributed by atoms with Gasteiger partial charge in [0.1, 0.15) is 11.4 Å². The number of nitrogens with one attached hydrogen (secondary N) is 2. The maximum absolute atomic E-state index is 12.4. The van der Waals surface area contributed by atoms with Crippen LogP contribution in [0.3, 0.4) is 0 Å². The van der Waals surface area contributed by atoms with Gasteiger partial charge in [0.2, 0.25) is 0 Å². The van der Waals surface area contributed by atoms with Crippen molar-refractivity contribution < 1.29 is 4.79 Å². The molecule has 27 heavy (non-hydrogen) atoms. The second kappa shape index (κ2) is 7.53. The Morgan fingerprint density at radius 3 is 1.93 bits per heavy atom. The van der Waals surface area contributed by atoms with Gasteiger partial charge in [0.25, 0.3) is 0 Å². The molecule has 4 rings (SSSR count). The van der Waals surface area contributed by atoms with Gasteiger partial charge in [0, 0.05) is 16.8 Å². The molecule has 0 atom stereocenters. The largest absolute Gasteiger partial charge is 0.339 e. The van der Waals surface area contributed by atoms with Crippen LogP contribution >= 0.6 is 0 Å². The number of anilines is 1. The molecule has 132 valence electrons. The van der Waals surface area contributed by atoms with Crippen molar-refractivity contribution in [3.05, 3.63) is 91.0 Å².